The van der Waals surface area contributed by atoms with E-state index in [-0.39, 0.29) is 24.8 Å². The second-order valence-electron chi connectivity index (χ2n) is 9.06. The van der Waals surface area contributed by atoms with Crippen molar-refractivity contribution in [1.29, 1.82) is 0 Å². The van der Waals surface area contributed by atoms with Gasteiger partial charge in [-0.3, -0.25) is 14.1 Å². The summed E-state index contributed by atoms with van der Waals surface area (Å²) in [6.45, 7) is 9.50. The molecule has 0 unspecified atom stereocenters. The maximum absolute atomic E-state index is 13.5. The van der Waals surface area contributed by atoms with Gasteiger partial charge in [-0.2, -0.15) is 0 Å². The van der Waals surface area contributed by atoms with E-state index in [1.165, 1.54) is 30.0 Å². The summed E-state index contributed by atoms with van der Waals surface area (Å²) in [5.41, 5.74) is 3.29. The van der Waals surface area contributed by atoms with Gasteiger partial charge in [0.05, 0.1) is 10.6 Å². The Morgan fingerprint density at radius 1 is 0.853 bits per heavy atom. The molecule has 2 aromatic carbocycles. The number of sulfonamides is 1. The van der Waals surface area contributed by atoms with Gasteiger partial charge in [0, 0.05) is 30.8 Å². The lowest BCUT2D eigenvalue weighted by Gasteiger charge is -2.27. The van der Waals surface area contributed by atoms with Crippen molar-refractivity contribution < 1.29 is 13.5 Å². The molecule has 0 amide bonds. The zero-order valence-corrected chi connectivity index (χ0v) is 22.5. The molecule has 2 fully saturated rings. The third-order valence-electron chi connectivity index (χ3n) is 6.62. The number of aryl methyl sites for hydroxylation is 1. The normalized spacial score (nSPS) is 16.8. The first-order valence-corrected chi connectivity index (χ1v) is 13.2. The highest BCUT2D eigenvalue weighted by atomic mass is 35.5. The molecule has 2 aliphatic rings. The fraction of sp³-hybridized carbons (Fsp3) is 0.520. The predicted molar refractivity (Wildman–Crippen MR) is 143 cm³/mol. The second-order valence-corrected chi connectivity index (χ2v) is 10.9. The Labute approximate surface area is 216 Å². The summed E-state index contributed by atoms with van der Waals surface area (Å²) in [5.74, 6) is 0.316. The highest BCUT2D eigenvalue weighted by Gasteiger charge is 2.27. The van der Waals surface area contributed by atoms with Crippen molar-refractivity contribution in [3.05, 3.63) is 53.1 Å². The molecule has 2 heterocycles. The topological polar surface area (TPSA) is 64.1 Å². The van der Waals surface area contributed by atoms with Gasteiger partial charge in [-0.15, -0.1) is 24.8 Å². The molecule has 34 heavy (non-hydrogen) atoms. The zero-order valence-electron chi connectivity index (χ0n) is 20.1. The van der Waals surface area contributed by atoms with Crippen LogP contribution in [0.15, 0.2) is 41.3 Å². The third-order valence-corrected chi connectivity index (χ3v) is 8.54. The average Bonchev–Trinajstić information content (AvgIpc) is 3.46. The summed E-state index contributed by atoms with van der Waals surface area (Å²) in [4.78, 5) is 4.96. The molecule has 0 aromatic heterocycles. The van der Waals surface area contributed by atoms with Crippen LogP contribution in [0.25, 0.3) is 0 Å². The molecule has 190 valence electrons. The molecule has 0 saturated carbocycles. The zero-order chi connectivity index (χ0) is 22.7. The molecule has 2 aliphatic heterocycles. The molecular formula is C25H37Cl2N3O3S. The Bertz CT molecular complexity index is 997. The maximum atomic E-state index is 13.5. The van der Waals surface area contributed by atoms with Gasteiger partial charge in [0.2, 0.25) is 0 Å². The molecule has 2 aromatic rings. The molecule has 0 atom stereocenters. The minimum atomic E-state index is -3.70. The van der Waals surface area contributed by atoms with Crippen LogP contribution in [-0.2, 0) is 23.1 Å². The van der Waals surface area contributed by atoms with Gasteiger partial charge in [-0.1, -0.05) is 17.7 Å². The summed E-state index contributed by atoms with van der Waals surface area (Å²) in [6, 6.07) is 10.7. The minimum Gasteiger partial charge on any atom is -0.507 e. The van der Waals surface area contributed by atoms with E-state index in [1.807, 2.05) is 38.1 Å². The SMILES string of the molecule is CCN(c1cc(CN2CCCC2)c(O)c(CN2CCCC2)c1)S(=O)(=O)c1ccc(C)cc1.Cl.Cl. The van der Waals surface area contributed by atoms with Crippen molar-refractivity contribution in [3.8, 4) is 5.75 Å². The van der Waals surface area contributed by atoms with E-state index in [1.54, 1.807) is 12.1 Å². The first-order valence-electron chi connectivity index (χ1n) is 11.8. The molecule has 0 spiro atoms. The highest BCUT2D eigenvalue weighted by molar-refractivity contribution is 7.92. The fourth-order valence-electron chi connectivity index (χ4n) is 4.82. The molecule has 4 rings (SSSR count). The molecule has 2 saturated heterocycles. The largest absolute Gasteiger partial charge is 0.507 e. The predicted octanol–water partition coefficient (Wildman–Crippen LogP) is 4.95. The van der Waals surface area contributed by atoms with Gasteiger partial charge >= 0.3 is 0 Å². The number of nitrogens with zero attached hydrogens (tertiary/aromatic N) is 3. The number of aromatic hydroxyl groups is 1. The number of phenols is 1. The van der Waals surface area contributed by atoms with Crippen molar-refractivity contribution in [1.82, 2.24) is 9.80 Å². The van der Waals surface area contributed by atoms with E-state index in [9.17, 15) is 13.5 Å². The first kappa shape index (κ1) is 28.7. The maximum Gasteiger partial charge on any atom is 0.264 e. The third kappa shape index (κ3) is 6.38. The van der Waals surface area contributed by atoms with Crippen LogP contribution in [0.5, 0.6) is 5.75 Å². The van der Waals surface area contributed by atoms with E-state index in [4.69, 9.17) is 0 Å². The van der Waals surface area contributed by atoms with Crippen LogP contribution in [0, 0.1) is 6.92 Å². The highest BCUT2D eigenvalue weighted by Crippen LogP contribution is 2.34. The lowest BCUT2D eigenvalue weighted by molar-refractivity contribution is 0.312. The summed E-state index contributed by atoms with van der Waals surface area (Å²) in [7, 11) is -3.70. The van der Waals surface area contributed by atoms with Gasteiger partial charge in [-0.05, 0) is 90.0 Å². The molecule has 1 N–H and O–H groups in total. The second kappa shape index (κ2) is 12.5. The number of phenolic OH excluding ortho intramolecular Hbond substituents is 1. The molecule has 0 bridgehead atoms. The van der Waals surface area contributed by atoms with E-state index < -0.39 is 10.0 Å². The number of halogens is 2. The van der Waals surface area contributed by atoms with Crippen LogP contribution in [0.2, 0.25) is 0 Å². The van der Waals surface area contributed by atoms with Crippen LogP contribution >= 0.6 is 24.8 Å². The summed E-state index contributed by atoms with van der Waals surface area (Å²) >= 11 is 0. The Hall–Kier alpha value is -1.51. The van der Waals surface area contributed by atoms with Crippen molar-refractivity contribution in [2.24, 2.45) is 0 Å². The lowest BCUT2D eigenvalue weighted by Crippen LogP contribution is -2.31. The Kier molecular flexibility index (Phi) is 10.5. The Morgan fingerprint density at radius 2 is 1.29 bits per heavy atom. The number of benzene rings is 2. The number of rotatable bonds is 8. The van der Waals surface area contributed by atoms with Crippen LogP contribution in [0.3, 0.4) is 0 Å². The quantitative estimate of drug-likeness (QED) is 0.523. The fourth-order valence-corrected chi connectivity index (χ4v) is 6.28. The van der Waals surface area contributed by atoms with E-state index >= 15 is 0 Å². The summed E-state index contributed by atoms with van der Waals surface area (Å²) < 4.78 is 28.5. The van der Waals surface area contributed by atoms with Crippen LogP contribution in [0.1, 0.15) is 49.3 Å². The van der Waals surface area contributed by atoms with E-state index in [2.05, 4.69) is 9.80 Å². The van der Waals surface area contributed by atoms with Crippen molar-refractivity contribution in [2.45, 2.75) is 57.5 Å². The van der Waals surface area contributed by atoms with Gasteiger partial charge in [0.15, 0.2) is 0 Å². The van der Waals surface area contributed by atoms with Gasteiger partial charge in [0.1, 0.15) is 5.75 Å². The number of anilines is 1. The van der Waals surface area contributed by atoms with E-state index in [0.717, 1.165) is 42.9 Å². The number of hydrogen-bond donors (Lipinski definition) is 1. The molecular weight excluding hydrogens is 493 g/mol. The van der Waals surface area contributed by atoms with Crippen molar-refractivity contribution >= 4 is 40.5 Å². The Balaban J connectivity index is 0.00000204. The molecule has 9 heteroatoms. The number of hydrogen-bond acceptors (Lipinski definition) is 5. The van der Waals surface area contributed by atoms with Crippen LogP contribution < -0.4 is 4.31 Å². The van der Waals surface area contributed by atoms with Crippen molar-refractivity contribution in [3.63, 3.8) is 0 Å². The Morgan fingerprint density at radius 3 is 1.71 bits per heavy atom. The molecule has 0 aliphatic carbocycles. The molecule has 0 radical (unpaired) electrons. The molecule has 6 nitrogen and oxygen atoms in total. The monoisotopic (exact) mass is 529 g/mol. The van der Waals surface area contributed by atoms with Gasteiger partial charge in [-0.25, -0.2) is 8.42 Å². The minimum absolute atomic E-state index is 0. The van der Waals surface area contributed by atoms with Crippen molar-refractivity contribution in [2.75, 3.05) is 37.0 Å². The van der Waals surface area contributed by atoms with Gasteiger partial charge < -0.3 is 5.11 Å². The average molecular weight is 531 g/mol. The standard InChI is InChI=1S/C25H35N3O3S.2ClH/c1-3-28(32(30,31)24-10-8-20(2)9-11-24)23-16-21(18-26-12-4-5-13-26)25(29)22(17-23)19-27-14-6-7-15-27;;/h8-11,16-17,29H,3-7,12-15,18-19H2,1-2H3;2*1H. The van der Waals surface area contributed by atoms with Crippen LogP contribution in [-0.4, -0.2) is 56.0 Å². The van der Waals surface area contributed by atoms with Crippen LogP contribution in [0.4, 0.5) is 5.69 Å². The first-order chi connectivity index (χ1) is 15.4. The number of likely N-dealkylation sites (tertiary alicyclic amines) is 2. The summed E-state index contributed by atoms with van der Waals surface area (Å²) in [5, 5.41) is 11.1. The lowest BCUT2D eigenvalue weighted by atomic mass is 10.1. The van der Waals surface area contributed by atoms with Gasteiger partial charge in [0.25, 0.3) is 10.0 Å². The van der Waals surface area contributed by atoms with E-state index in [0.29, 0.717) is 36.0 Å². The smallest absolute Gasteiger partial charge is 0.264 e. The summed E-state index contributed by atoms with van der Waals surface area (Å²) in [6.07, 6.45) is 4.68.